The fourth-order valence-corrected chi connectivity index (χ4v) is 3.19. The summed E-state index contributed by atoms with van der Waals surface area (Å²) < 4.78 is 34.4. The molecule has 0 fully saturated rings. The summed E-state index contributed by atoms with van der Waals surface area (Å²) in [5.41, 5.74) is 1.92. The predicted octanol–water partition coefficient (Wildman–Crippen LogP) is 2.16. The Kier molecular flexibility index (Phi) is 5.68. The molecule has 22 heavy (non-hydrogen) atoms. The van der Waals surface area contributed by atoms with E-state index < -0.39 is 10.0 Å². The Bertz CT molecular complexity index is 714. The van der Waals surface area contributed by atoms with Crippen LogP contribution in [0.15, 0.2) is 53.4 Å². The maximum Gasteiger partial charge on any atom is 0.239 e. The number of hydrogen-bond donors (Lipinski definition) is 1. The third-order valence-electron chi connectivity index (χ3n) is 3.16. The second-order valence-corrected chi connectivity index (χ2v) is 6.25. The summed E-state index contributed by atoms with van der Waals surface area (Å²) >= 11 is 0. The van der Waals surface area contributed by atoms with Crippen molar-refractivity contribution in [2.75, 3.05) is 20.3 Å². The van der Waals surface area contributed by atoms with Gasteiger partial charge in [-0.3, -0.25) is 0 Å². The van der Waals surface area contributed by atoms with Crippen LogP contribution in [0.4, 0.5) is 0 Å². The number of primary sulfonamides is 1. The van der Waals surface area contributed by atoms with Gasteiger partial charge in [-0.05, 0) is 11.1 Å². The molecule has 0 radical (unpaired) electrons. The van der Waals surface area contributed by atoms with Crippen LogP contribution in [0, 0.1) is 0 Å². The Morgan fingerprint density at radius 1 is 1.00 bits per heavy atom. The van der Waals surface area contributed by atoms with Gasteiger partial charge in [-0.25, -0.2) is 13.6 Å². The van der Waals surface area contributed by atoms with Gasteiger partial charge in [0.2, 0.25) is 10.0 Å². The molecule has 5 nitrogen and oxygen atoms in total. The van der Waals surface area contributed by atoms with Gasteiger partial charge >= 0.3 is 0 Å². The lowest BCUT2D eigenvalue weighted by atomic mass is 10.0. The Labute approximate surface area is 130 Å². The molecule has 0 aliphatic rings. The molecule has 0 aromatic heterocycles. The largest absolute Gasteiger partial charge is 0.382 e. The summed E-state index contributed by atoms with van der Waals surface area (Å²) in [5, 5.41) is 5.42. The molecule has 0 saturated heterocycles. The van der Waals surface area contributed by atoms with Gasteiger partial charge in [0.25, 0.3) is 0 Å². The highest BCUT2D eigenvalue weighted by molar-refractivity contribution is 7.89. The minimum absolute atomic E-state index is 0.110. The molecular weight excluding hydrogens is 302 g/mol. The number of rotatable bonds is 7. The Hall–Kier alpha value is -1.73. The quantitative estimate of drug-likeness (QED) is 0.793. The first-order valence-electron chi connectivity index (χ1n) is 6.81. The standard InChI is InChI=1S/C16H19NO4S/c1-20-10-11-21-12-14-8-5-9-15(16(14)22(17,18)19)13-6-3-2-4-7-13/h2-9H,10-12H2,1H3,(H2,17,18,19). The highest BCUT2D eigenvalue weighted by Gasteiger charge is 2.19. The monoisotopic (exact) mass is 321 g/mol. The van der Waals surface area contributed by atoms with E-state index in [0.717, 1.165) is 5.56 Å². The third-order valence-corrected chi connectivity index (χ3v) is 4.21. The highest BCUT2D eigenvalue weighted by Crippen LogP contribution is 2.29. The summed E-state index contributed by atoms with van der Waals surface area (Å²) in [4.78, 5) is 0.110. The van der Waals surface area contributed by atoms with Crippen LogP contribution in [0.3, 0.4) is 0 Å². The maximum absolute atomic E-state index is 12.0. The number of methoxy groups -OCH3 is 1. The lowest BCUT2D eigenvalue weighted by Crippen LogP contribution is -2.17. The number of hydrogen-bond acceptors (Lipinski definition) is 4. The van der Waals surface area contributed by atoms with Crippen molar-refractivity contribution in [1.29, 1.82) is 0 Å². The second kappa shape index (κ2) is 7.51. The predicted molar refractivity (Wildman–Crippen MR) is 84.8 cm³/mol. The fraction of sp³-hybridized carbons (Fsp3) is 0.250. The van der Waals surface area contributed by atoms with Gasteiger partial charge < -0.3 is 9.47 Å². The number of ether oxygens (including phenoxy) is 2. The first-order valence-corrected chi connectivity index (χ1v) is 8.35. The van der Waals surface area contributed by atoms with Crippen molar-refractivity contribution in [1.82, 2.24) is 0 Å². The zero-order valence-corrected chi connectivity index (χ0v) is 13.2. The van der Waals surface area contributed by atoms with E-state index in [1.165, 1.54) is 0 Å². The first-order chi connectivity index (χ1) is 10.5. The number of benzene rings is 2. The van der Waals surface area contributed by atoms with E-state index >= 15 is 0 Å². The van der Waals surface area contributed by atoms with Crippen LogP contribution < -0.4 is 5.14 Å². The van der Waals surface area contributed by atoms with Gasteiger partial charge in [-0.15, -0.1) is 0 Å². The molecule has 2 N–H and O–H groups in total. The number of nitrogens with two attached hydrogens (primary N) is 1. The van der Waals surface area contributed by atoms with Crippen LogP contribution in [0.25, 0.3) is 11.1 Å². The Morgan fingerprint density at radius 3 is 2.36 bits per heavy atom. The summed E-state index contributed by atoms with van der Waals surface area (Å²) in [6, 6.07) is 14.5. The molecule has 118 valence electrons. The van der Waals surface area contributed by atoms with Crippen LogP contribution in [-0.2, 0) is 26.1 Å². The van der Waals surface area contributed by atoms with Crippen LogP contribution in [0.2, 0.25) is 0 Å². The van der Waals surface area contributed by atoms with E-state index in [1.807, 2.05) is 30.3 Å². The molecule has 0 heterocycles. The van der Waals surface area contributed by atoms with E-state index in [-0.39, 0.29) is 11.5 Å². The topological polar surface area (TPSA) is 78.6 Å². The van der Waals surface area contributed by atoms with Crippen molar-refractivity contribution in [3.63, 3.8) is 0 Å². The van der Waals surface area contributed by atoms with E-state index in [0.29, 0.717) is 24.3 Å². The average Bonchev–Trinajstić information content (AvgIpc) is 2.51. The average molecular weight is 321 g/mol. The van der Waals surface area contributed by atoms with Crippen LogP contribution >= 0.6 is 0 Å². The van der Waals surface area contributed by atoms with Crippen molar-refractivity contribution < 1.29 is 17.9 Å². The SMILES string of the molecule is COCCOCc1cccc(-c2ccccc2)c1S(N)(=O)=O. The fourth-order valence-electron chi connectivity index (χ4n) is 2.20. The van der Waals surface area contributed by atoms with Gasteiger partial charge in [-0.1, -0.05) is 48.5 Å². The number of sulfonamides is 1. The normalized spacial score (nSPS) is 11.5. The molecule has 0 amide bonds. The van der Waals surface area contributed by atoms with E-state index in [9.17, 15) is 8.42 Å². The van der Waals surface area contributed by atoms with Crippen molar-refractivity contribution >= 4 is 10.0 Å². The van der Waals surface area contributed by atoms with E-state index in [2.05, 4.69) is 0 Å². The maximum atomic E-state index is 12.0. The molecule has 0 aliphatic heterocycles. The molecule has 2 aromatic rings. The van der Waals surface area contributed by atoms with E-state index in [4.69, 9.17) is 14.6 Å². The van der Waals surface area contributed by atoms with Crippen LogP contribution in [0.1, 0.15) is 5.56 Å². The summed E-state index contributed by atoms with van der Waals surface area (Å²) in [6.45, 7) is 0.995. The zero-order valence-electron chi connectivity index (χ0n) is 12.4. The van der Waals surface area contributed by atoms with Gasteiger partial charge in [0.05, 0.1) is 24.7 Å². The molecule has 0 unspecified atom stereocenters. The first kappa shape index (κ1) is 16.6. The third kappa shape index (κ3) is 4.14. The summed E-state index contributed by atoms with van der Waals surface area (Å²) in [7, 11) is -2.29. The lowest BCUT2D eigenvalue weighted by Gasteiger charge is -2.13. The summed E-state index contributed by atoms with van der Waals surface area (Å²) in [6.07, 6.45) is 0. The van der Waals surface area contributed by atoms with E-state index in [1.54, 1.807) is 25.3 Å². The second-order valence-electron chi connectivity index (χ2n) is 4.75. The van der Waals surface area contributed by atoms with Gasteiger partial charge in [0, 0.05) is 12.7 Å². The molecule has 0 bridgehead atoms. The molecular formula is C16H19NO4S. The zero-order chi connectivity index (χ0) is 16.0. The minimum atomic E-state index is -3.87. The molecule has 2 aromatic carbocycles. The van der Waals surface area contributed by atoms with Crippen molar-refractivity contribution in [2.45, 2.75) is 11.5 Å². The van der Waals surface area contributed by atoms with Crippen molar-refractivity contribution in [3.05, 3.63) is 54.1 Å². The Balaban J connectivity index is 2.43. The highest BCUT2D eigenvalue weighted by atomic mass is 32.2. The van der Waals surface area contributed by atoms with Gasteiger partial charge in [0.1, 0.15) is 0 Å². The lowest BCUT2D eigenvalue weighted by molar-refractivity contribution is 0.0607. The van der Waals surface area contributed by atoms with Crippen LogP contribution in [0.5, 0.6) is 0 Å². The van der Waals surface area contributed by atoms with Gasteiger partial charge in [0.15, 0.2) is 0 Å². The summed E-state index contributed by atoms with van der Waals surface area (Å²) in [5.74, 6) is 0. The van der Waals surface area contributed by atoms with Gasteiger partial charge in [-0.2, -0.15) is 0 Å². The molecule has 0 saturated carbocycles. The Morgan fingerprint density at radius 2 is 1.73 bits per heavy atom. The molecule has 0 aliphatic carbocycles. The minimum Gasteiger partial charge on any atom is -0.382 e. The molecule has 0 spiro atoms. The molecule has 6 heteroatoms. The molecule has 0 atom stereocenters. The molecule has 2 rings (SSSR count). The van der Waals surface area contributed by atoms with Crippen molar-refractivity contribution in [3.8, 4) is 11.1 Å². The smallest absolute Gasteiger partial charge is 0.239 e. The van der Waals surface area contributed by atoms with Crippen LogP contribution in [-0.4, -0.2) is 28.7 Å². The van der Waals surface area contributed by atoms with Crippen molar-refractivity contribution in [2.24, 2.45) is 5.14 Å².